The molecule has 0 aromatic carbocycles. The lowest BCUT2D eigenvalue weighted by Gasteiger charge is -2.27. The van der Waals surface area contributed by atoms with Crippen LogP contribution in [0.2, 0.25) is 0 Å². The van der Waals surface area contributed by atoms with Crippen LogP contribution in [0.1, 0.15) is 64.7 Å². The summed E-state index contributed by atoms with van der Waals surface area (Å²) in [7, 11) is -0.402. The van der Waals surface area contributed by atoms with Crippen molar-refractivity contribution in [3.63, 3.8) is 0 Å². The molecule has 14 heteroatoms. The first-order valence-corrected chi connectivity index (χ1v) is 16.8. The standard InChI is InChI=1S/C27H49N4O8PS/c1-2-3-4-7-12-31-26-22(29-27(31)34)21-41-23(26)8-5-6-9-24(32)28-11-14-37-16-18-39-20-19-38-17-15-36-13-10-25(33)30-40-35/h22-23,26H,2-21H2,1H3,(H,28,32)(H,29,34)(H,30,33,35)/t22-,23-,26-/m0/s1. The van der Waals surface area contributed by atoms with E-state index in [9.17, 15) is 18.9 Å². The molecule has 2 aliphatic heterocycles. The van der Waals surface area contributed by atoms with Crippen molar-refractivity contribution in [2.75, 3.05) is 71.7 Å². The highest BCUT2D eigenvalue weighted by molar-refractivity contribution is 8.00. The zero-order valence-corrected chi connectivity index (χ0v) is 26.2. The number of unbranched alkanes of at least 4 members (excludes halogenated alkanes) is 4. The van der Waals surface area contributed by atoms with Crippen LogP contribution >= 0.6 is 20.4 Å². The minimum Gasteiger partial charge on any atom is -0.379 e. The van der Waals surface area contributed by atoms with Crippen LogP contribution in [0.5, 0.6) is 0 Å². The molecule has 236 valence electrons. The molecule has 0 radical (unpaired) electrons. The average molecular weight is 621 g/mol. The summed E-state index contributed by atoms with van der Waals surface area (Å²) in [5, 5.41) is 8.66. The molecule has 2 fully saturated rings. The van der Waals surface area contributed by atoms with Crippen molar-refractivity contribution >= 4 is 38.2 Å². The van der Waals surface area contributed by atoms with Crippen LogP contribution in [0.3, 0.4) is 0 Å². The van der Waals surface area contributed by atoms with E-state index >= 15 is 0 Å². The van der Waals surface area contributed by atoms with Gasteiger partial charge in [-0.2, -0.15) is 11.8 Å². The van der Waals surface area contributed by atoms with E-state index in [-0.39, 0.29) is 36.9 Å². The molecular weight excluding hydrogens is 571 g/mol. The van der Waals surface area contributed by atoms with E-state index in [1.165, 1.54) is 19.3 Å². The first kappa shape index (κ1) is 35.7. The Balaban J connectivity index is 1.36. The van der Waals surface area contributed by atoms with Crippen molar-refractivity contribution in [3.8, 4) is 0 Å². The summed E-state index contributed by atoms with van der Waals surface area (Å²) in [5.74, 6) is 0.700. The van der Waals surface area contributed by atoms with Crippen LogP contribution < -0.4 is 15.7 Å². The van der Waals surface area contributed by atoms with Crippen molar-refractivity contribution in [2.24, 2.45) is 0 Å². The summed E-state index contributed by atoms with van der Waals surface area (Å²) in [6.07, 6.45) is 8.19. The van der Waals surface area contributed by atoms with Gasteiger partial charge in [-0.1, -0.05) is 32.6 Å². The zero-order valence-electron chi connectivity index (χ0n) is 24.4. The van der Waals surface area contributed by atoms with Gasteiger partial charge in [0.1, 0.15) is 0 Å². The van der Waals surface area contributed by atoms with E-state index in [1.807, 2.05) is 11.8 Å². The Bertz CT molecular complexity index is 769. The van der Waals surface area contributed by atoms with Gasteiger partial charge in [-0.05, 0) is 19.3 Å². The Morgan fingerprint density at radius 2 is 1.59 bits per heavy atom. The van der Waals surface area contributed by atoms with Gasteiger partial charge in [0, 0.05) is 30.5 Å². The lowest BCUT2D eigenvalue weighted by atomic mass is 10.0. The lowest BCUT2D eigenvalue weighted by molar-refractivity contribution is -0.121. The first-order valence-electron chi connectivity index (χ1n) is 14.9. The van der Waals surface area contributed by atoms with Crippen molar-refractivity contribution < 1.29 is 37.9 Å². The maximum Gasteiger partial charge on any atom is 0.318 e. The smallest absolute Gasteiger partial charge is 0.318 e. The molecular formula is C27H49N4O8PS. The number of carbonyl (C=O) groups is 3. The second-order valence-corrected chi connectivity index (χ2v) is 11.8. The number of hydrogen-bond acceptors (Lipinski definition) is 9. The number of nitrogens with zero attached hydrogens (tertiary/aromatic N) is 1. The molecule has 0 aliphatic carbocycles. The number of thioether (sulfide) groups is 1. The quantitative estimate of drug-likeness (QED) is 0.0755. The molecule has 0 spiro atoms. The monoisotopic (exact) mass is 620 g/mol. The number of rotatable bonds is 26. The van der Waals surface area contributed by atoms with Crippen LogP contribution in [0, 0.1) is 0 Å². The molecule has 0 bridgehead atoms. The number of hydrogen-bond donors (Lipinski definition) is 3. The second-order valence-electron chi connectivity index (χ2n) is 10.1. The molecule has 2 rings (SSSR count). The van der Waals surface area contributed by atoms with Crippen LogP contribution in [-0.4, -0.2) is 112 Å². The Labute approximate surface area is 250 Å². The summed E-state index contributed by atoms with van der Waals surface area (Å²) < 4.78 is 31.7. The SMILES string of the molecule is CCCCCCN1C(=O)N[C@H]2CS[C@@H](CCCCC(=O)NCCOCCOCCOCCOCCC(=O)NP=O)[C@H]21. The molecule has 0 saturated carbocycles. The second kappa shape index (κ2) is 23.0. The van der Waals surface area contributed by atoms with Crippen molar-refractivity contribution in [1.82, 2.24) is 20.6 Å². The van der Waals surface area contributed by atoms with E-state index in [0.29, 0.717) is 70.5 Å². The highest BCUT2D eigenvalue weighted by Gasteiger charge is 2.47. The van der Waals surface area contributed by atoms with Gasteiger partial charge in [0.15, 0.2) is 0 Å². The fourth-order valence-corrected chi connectivity index (χ4v) is 6.65. The van der Waals surface area contributed by atoms with Gasteiger partial charge in [0.05, 0.1) is 71.4 Å². The minimum absolute atomic E-state index is 0.0450. The van der Waals surface area contributed by atoms with Gasteiger partial charge in [0.2, 0.25) is 11.8 Å². The van der Waals surface area contributed by atoms with E-state index < -0.39 is 8.61 Å². The lowest BCUT2D eigenvalue weighted by Crippen LogP contribution is -2.41. The van der Waals surface area contributed by atoms with E-state index in [2.05, 4.69) is 27.5 Å². The fourth-order valence-electron chi connectivity index (χ4n) is 4.83. The molecule has 2 heterocycles. The van der Waals surface area contributed by atoms with E-state index in [0.717, 1.165) is 38.0 Å². The molecule has 41 heavy (non-hydrogen) atoms. The predicted molar refractivity (Wildman–Crippen MR) is 158 cm³/mol. The first-order chi connectivity index (χ1) is 20.1. The van der Waals surface area contributed by atoms with E-state index in [1.54, 1.807) is 0 Å². The predicted octanol–water partition coefficient (Wildman–Crippen LogP) is 2.90. The number of nitrogens with one attached hydrogen (secondary N) is 3. The topological polar surface area (TPSA) is 145 Å². The Morgan fingerprint density at radius 3 is 2.27 bits per heavy atom. The molecule has 0 aromatic heterocycles. The number of amides is 4. The number of urea groups is 1. The summed E-state index contributed by atoms with van der Waals surface area (Å²) in [6.45, 7) is 6.74. The summed E-state index contributed by atoms with van der Waals surface area (Å²) in [6, 6.07) is 0.655. The van der Waals surface area contributed by atoms with Gasteiger partial charge in [-0.15, -0.1) is 0 Å². The maximum atomic E-state index is 12.4. The van der Waals surface area contributed by atoms with Crippen LogP contribution in [0.15, 0.2) is 0 Å². The maximum absolute atomic E-state index is 12.4. The summed E-state index contributed by atoms with van der Waals surface area (Å²) in [4.78, 5) is 37.7. The average Bonchev–Trinajstić information content (AvgIpc) is 3.49. The number of ether oxygens (including phenoxy) is 4. The molecule has 3 atom stereocenters. The van der Waals surface area contributed by atoms with Crippen LogP contribution in [0.4, 0.5) is 4.79 Å². The van der Waals surface area contributed by atoms with Gasteiger partial charge >= 0.3 is 6.03 Å². The fraction of sp³-hybridized carbons (Fsp3) is 0.889. The van der Waals surface area contributed by atoms with Gasteiger partial charge < -0.3 is 34.5 Å². The number of fused-ring (bicyclic) bond motifs is 1. The highest BCUT2D eigenvalue weighted by atomic mass is 32.2. The van der Waals surface area contributed by atoms with Gasteiger partial charge in [-0.3, -0.25) is 14.7 Å². The van der Waals surface area contributed by atoms with Crippen LogP contribution in [-0.2, 0) is 33.1 Å². The summed E-state index contributed by atoms with van der Waals surface area (Å²) >= 11 is 1.96. The third-order valence-electron chi connectivity index (χ3n) is 6.94. The van der Waals surface area contributed by atoms with Crippen molar-refractivity contribution in [2.45, 2.75) is 82.0 Å². The van der Waals surface area contributed by atoms with E-state index in [4.69, 9.17) is 18.9 Å². The van der Waals surface area contributed by atoms with Crippen molar-refractivity contribution in [1.29, 1.82) is 0 Å². The molecule has 0 aromatic rings. The van der Waals surface area contributed by atoms with Gasteiger partial charge in [-0.25, -0.2) is 9.36 Å². The van der Waals surface area contributed by atoms with Crippen LogP contribution in [0.25, 0.3) is 0 Å². The Hall–Kier alpha value is -1.50. The summed E-state index contributed by atoms with van der Waals surface area (Å²) in [5.41, 5.74) is 0. The normalized spacial score (nSPS) is 19.9. The Morgan fingerprint density at radius 1 is 0.902 bits per heavy atom. The molecule has 0 unspecified atom stereocenters. The Kier molecular flexibility index (Phi) is 20.0. The highest BCUT2D eigenvalue weighted by Crippen LogP contribution is 2.37. The van der Waals surface area contributed by atoms with Gasteiger partial charge in [0.25, 0.3) is 8.61 Å². The van der Waals surface area contributed by atoms with Crippen molar-refractivity contribution in [3.05, 3.63) is 0 Å². The largest absolute Gasteiger partial charge is 0.379 e. The third-order valence-corrected chi connectivity index (χ3v) is 8.77. The zero-order chi connectivity index (χ0) is 29.5. The molecule has 12 nitrogen and oxygen atoms in total. The molecule has 2 saturated heterocycles. The molecule has 4 amide bonds. The molecule has 2 aliphatic rings. The minimum atomic E-state index is -0.402. The molecule has 3 N–H and O–H groups in total. The third kappa shape index (κ3) is 15.5. The number of carbonyl (C=O) groups excluding carboxylic acids is 3.